The first-order valence-corrected chi connectivity index (χ1v) is 12.8. The molecule has 8 heteroatoms. The lowest BCUT2D eigenvalue weighted by molar-refractivity contribution is 0.0321. The summed E-state index contributed by atoms with van der Waals surface area (Å²) in [5.41, 5.74) is 4.57. The quantitative estimate of drug-likeness (QED) is 0.292. The maximum Gasteiger partial charge on any atom is 0.161 e. The second kappa shape index (κ2) is 10.7. The van der Waals surface area contributed by atoms with E-state index in [1.807, 2.05) is 65.5 Å². The van der Waals surface area contributed by atoms with Crippen LogP contribution in [-0.2, 0) is 4.74 Å². The lowest BCUT2D eigenvalue weighted by Crippen LogP contribution is -2.38. The number of methoxy groups -OCH3 is 2. The molecule has 194 valence electrons. The molecule has 0 bridgehead atoms. The number of nitrogens with zero attached hydrogens (tertiary/aromatic N) is 4. The zero-order valence-electron chi connectivity index (χ0n) is 21.6. The highest BCUT2D eigenvalue weighted by molar-refractivity contribution is 6.09. The topological polar surface area (TPSA) is 70.9 Å². The van der Waals surface area contributed by atoms with E-state index in [-0.39, 0.29) is 0 Å². The SMILES string of the molecule is COc1ccc2ncc3c(-c4ccc(OC)c(OCCN5CCOCC5)c4)nn(-c4ccccc4)c3c2c1. The van der Waals surface area contributed by atoms with E-state index in [4.69, 9.17) is 29.0 Å². The first kappa shape index (κ1) is 24.2. The van der Waals surface area contributed by atoms with Crippen molar-refractivity contribution in [2.75, 3.05) is 53.7 Å². The van der Waals surface area contributed by atoms with Crippen molar-refractivity contribution in [3.05, 3.63) is 72.9 Å². The Labute approximate surface area is 221 Å². The van der Waals surface area contributed by atoms with Crippen LogP contribution in [0.25, 0.3) is 38.8 Å². The maximum atomic E-state index is 6.22. The smallest absolute Gasteiger partial charge is 0.161 e. The zero-order chi connectivity index (χ0) is 25.9. The van der Waals surface area contributed by atoms with Crippen LogP contribution in [0, 0.1) is 0 Å². The molecule has 1 aliphatic rings. The number of ether oxygens (including phenoxy) is 4. The highest BCUT2D eigenvalue weighted by Crippen LogP contribution is 2.38. The Hall–Kier alpha value is -4.14. The number of morpholine rings is 1. The highest BCUT2D eigenvalue weighted by atomic mass is 16.5. The van der Waals surface area contributed by atoms with Crippen molar-refractivity contribution in [3.8, 4) is 34.2 Å². The van der Waals surface area contributed by atoms with Crippen LogP contribution in [0.3, 0.4) is 0 Å². The predicted molar refractivity (Wildman–Crippen MR) is 148 cm³/mol. The molecule has 38 heavy (non-hydrogen) atoms. The minimum atomic E-state index is 0.561. The largest absolute Gasteiger partial charge is 0.497 e. The van der Waals surface area contributed by atoms with Gasteiger partial charge in [0.2, 0.25) is 0 Å². The van der Waals surface area contributed by atoms with Gasteiger partial charge in [-0.15, -0.1) is 0 Å². The van der Waals surface area contributed by atoms with E-state index < -0.39 is 0 Å². The van der Waals surface area contributed by atoms with Crippen LogP contribution in [0.5, 0.6) is 17.2 Å². The Bertz CT molecular complexity index is 1560. The molecule has 1 saturated heterocycles. The molecule has 3 aromatic carbocycles. The number of para-hydroxylation sites is 1. The molecule has 6 rings (SSSR count). The van der Waals surface area contributed by atoms with E-state index in [1.54, 1.807) is 14.2 Å². The van der Waals surface area contributed by atoms with Crippen LogP contribution >= 0.6 is 0 Å². The molecule has 1 fully saturated rings. The fourth-order valence-electron chi connectivity index (χ4n) is 4.91. The van der Waals surface area contributed by atoms with Gasteiger partial charge in [-0.1, -0.05) is 18.2 Å². The molecular formula is C30H30N4O4. The van der Waals surface area contributed by atoms with Crippen LogP contribution in [0.1, 0.15) is 0 Å². The number of rotatable bonds is 8. The van der Waals surface area contributed by atoms with E-state index in [9.17, 15) is 0 Å². The van der Waals surface area contributed by atoms with Crippen LogP contribution in [0.15, 0.2) is 72.9 Å². The molecule has 0 unspecified atom stereocenters. The maximum absolute atomic E-state index is 6.22. The van der Waals surface area contributed by atoms with E-state index in [1.165, 1.54) is 0 Å². The van der Waals surface area contributed by atoms with Crippen molar-refractivity contribution < 1.29 is 18.9 Å². The average Bonchev–Trinajstić information content (AvgIpc) is 3.38. The van der Waals surface area contributed by atoms with Gasteiger partial charge < -0.3 is 18.9 Å². The lowest BCUT2D eigenvalue weighted by atomic mass is 10.1. The van der Waals surface area contributed by atoms with Gasteiger partial charge in [-0.3, -0.25) is 9.88 Å². The molecule has 0 radical (unpaired) electrons. The number of aromatic nitrogens is 3. The van der Waals surface area contributed by atoms with Crippen LogP contribution in [0.2, 0.25) is 0 Å². The zero-order valence-corrected chi connectivity index (χ0v) is 21.6. The first-order chi connectivity index (χ1) is 18.7. The van der Waals surface area contributed by atoms with E-state index in [0.29, 0.717) is 18.1 Å². The third-order valence-corrected chi connectivity index (χ3v) is 6.92. The summed E-state index contributed by atoms with van der Waals surface area (Å²) in [6, 6.07) is 22.0. The summed E-state index contributed by atoms with van der Waals surface area (Å²) in [5, 5.41) is 7.02. The molecule has 8 nitrogen and oxygen atoms in total. The Morgan fingerprint density at radius 3 is 2.50 bits per heavy atom. The molecule has 0 aliphatic carbocycles. The van der Waals surface area contributed by atoms with Crippen LogP contribution in [-0.4, -0.2) is 73.3 Å². The van der Waals surface area contributed by atoms with Crippen molar-refractivity contribution in [2.24, 2.45) is 0 Å². The molecule has 1 aliphatic heterocycles. The Kier molecular flexibility index (Phi) is 6.81. The molecule has 0 amide bonds. The summed E-state index contributed by atoms with van der Waals surface area (Å²) in [4.78, 5) is 7.10. The first-order valence-electron chi connectivity index (χ1n) is 12.8. The second-order valence-corrected chi connectivity index (χ2v) is 9.17. The molecule has 2 aromatic heterocycles. The summed E-state index contributed by atoms with van der Waals surface area (Å²) in [6.45, 7) is 4.78. The van der Waals surface area contributed by atoms with Gasteiger partial charge in [0.25, 0.3) is 0 Å². The Morgan fingerprint density at radius 2 is 1.71 bits per heavy atom. The van der Waals surface area contributed by atoms with Crippen molar-refractivity contribution in [1.29, 1.82) is 0 Å². The third kappa shape index (κ3) is 4.64. The number of benzene rings is 3. The third-order valence-electron chi connectivity index (χ3n) is 6.92. The molecule has 3 heterocycles. The van der Waals surface area contributed by atoms with Crippen LogP contribution < -0.4 is 14.2 Å². The van der Waals surface area contributed by atoms with Gasteiger partial charge in [-0.05, 0) is 48.5 Å². The number of pyridine rings is 1. The summed E-state index contributed by atoms with van der Waals surface area (Å²) in [6.07, 6.45) is 1.90. The standard InChI is InChI=1S/C30H30N4O4/c1-35-23-9-10-26-24(19-23)30-25(20-31-26)29(32-34(30)22-6-4-3-5-7-22)21-8-11-27(36-2)28(18-21)38-17-14-33-12-15-37-16-13-33/h3-11,18-20H,12-17H2,1-2H3. The molecule has 0 atom stereocenters. The van der Waals surface area contributed by atoms with Crippen molar-refractivity contribution in [2.45, 2.75) is 0 Å². The molecule has 0 spiro atoms. The van der Waals surface area contributed by atoms with Crippen molar-refractivity contribution in [1.82, 2.24) is 19.7 Å². The fourth-order valence-corrected chi connectivity index (χ4v) is 4.91. The summed E-state index contributed by atoms with van der Waals surface area (Å²) in [7, 11) is 3.33. The molecule has 0 saturated carbocycles. The van der Waals surface area contributed by atoms with Crippen molar-refractivity contribution >= 4 is 21.8 Å². The van der Waals surface area contributed by atoms with Gasteiger partial charge in [-0.25, -0.2) is 4.68 Å². The molecular weight excluding hydrogens is 480 g/mol. The number of hydrogen-bond acceptors (Lipinski definition) is 7. The monoisotopic (exact) mass is 510 g/mol. The van der Waals surface area contributed by atoms with Crippen molar-refractivity contribution in [3.63, 3.8) is 0 Å². The highest BCUT2D eigenvalue weighted by Gasteiger charge is 2.19. The van der Waals surface area contributed by atoms with E-state index in [0.717, 1.165) is 77.3 Å². The Morgan fingerprint density at radius 1 is 0.868 bits per heavy atom. The van der Waals surface area contributed by atoms with Gasteiger partial charge >= 0.3 is 0 Å². The average molecular weight is 511 g/mol. The van der Waals surface area contributed by atoms with Gasteiger partial charge in [0.15, 0.2) is 11.5 Å². The Balaban J connectivity index is 1.44. The summed E-state index contributed by atoms with van der Waals surface area (Å²) in [5.74, 6) is 2.15. The minimum Gasteiger partial charge on any atom is -0.497 e. The molecule has 0 N–H and O–H groups in total. The summed E-state index contributed by atoms with van der Waals surface area (Å²) < 4.78 is 24.8. The van der Waals surface area contributed by atoms with Gasteiger partial charge in [-0.2, -0.15) is 5.10 Å². The fraction of sp³-hybridized carbons (Fsp3) is 0.267. The normalized spacial score (nSPS) is 14.2. The second-order valence-electron chi connectivity index (χ2n) is 9.17. The van der Waals surface area contributed by atoms with Gasteiger partial charge in [0.05, 0.1) is 44.2 Å². The van der Waals surface area contributed by atoms with E-state index >= 15 is 0 Å². The number of fused-ring (bicyclic) bond motifs is 3. The summed E-state index contributed by atoms with van der Waals surface area (Å²) >= 11 is 0. The van der Waals surface area contributed by atoms with Gasteiger partial charge in [0.1, 0.15) is 18.1 Å². The van der Waals surface area contributed by atoms with Crippen LogP contribution in [0.4, 0.5) is 0 Å². The lowest BCUT2D eigenvalue weighted by Gasteiger charge is -2.26. The number of hydrogen-bond donors (Lipinski definition) is 0. The van der Waals surface area contributed by atoms with Gasteiger partial charge in [0, 0.05) is 42.2 Å². The van der Waals surface area contributed by atoms with E-state index in [2.05, 4.69) is 17.0 Å². The predicted octanol–water partition coefficient (Wildman–Crippen LogP) is 4.97. The minimum absolute atomic E-state index is 0.561. The molecule has 5 aromatic rings.